The monoisotopic (exact) mass is 341 g/mol. The fraction of sp³-hybridized carbons (Fsp3) is 0.625. The molecule has 0 amide bonds. The SMILES string of the molecule is COc1cc(Br)c(C(C)(C)CCNC2CC2)cc1OC. The third kappa shape index (κ3) is 3.67. The summed E-state index contributed by atoms with van der Waals surface area (Å²) in [6, 6.07) is 4.84. The summed E-state index contributed by atoms with van der Waals surface area (Å²) in [6.07, 6.45) is 3.76. The molecule has 1 saturated carbocycles. The lowest BCUT2D eigenvalue weighted by atomic mass is 9.81. The second-order valence-electron chi connectivity index (χ2n) is 6.05. The van der Waals surface area contributed by atoms with Gasteiger partial charge in [0.05, 0.1) is 14.2 Å². The minimum atomic E-state index is 0.0836. The van der Waals surface area contributed by atoms with Gasteiger partial charge in [-0.25, -0.2) is 0 Å². The first-order chi connectivity index (χ1) is 9.47. The molecule has 0 saturated heterocycles. The van der Waals surface area contributed by atoms with E-state index in [-0.39, 0.29) is 5.41 Å². The van der Waals surface area contributed by atoms with Gasteiger partial charge in [0, 0.05) is 10.5 Å². The van der Waals surface area contributed by atoms with Crippen molar-refractivity contribution in [2.75, 3.05) is 20.8 Å². The zero-order valence-electron chi connectivity index (χ0n) is 12.8. The second-order valence-corrected chi connectivity index (χ2v) is 6.90. The van der Waals surface area contributed by atoms with Crippen molar-refractivity contribution in [3.63, 3.8) is 0 Å². The van der Waals surface area contributed by atoms with Gasteiger partial charge in [-0.2, -0.15) is 0 Å². The summed E-state index contributed by atoms with van der Waals surface area (Å²) < 4.78 is 11.8. The fourth-order valence-corrected chi connectivity index (χ4v) is 3.24. The third-order valence-electron chi connectivity index (χ3n) is 3.96. The summed E-state index contributed by atoms with van der Waals surface area (Å²) in [7, 11) is 3.34. The second kappa shape index (κ2) is 6.35. The van der Waals surface area contributed by atoms with Crippen molar-refractivity contribution in [3.05, 3.63) is 22.2 Å². The number of ether oxygens (including phenoxy) is 2. The number of benzene rings is 1. The summed E-state index contributed by atoms with van der Waals surface area (Å²) in [5.74, 6) is 1.55. The van der Waals surface area contributed by atoms with Gasteiger partial charge in [-0.15, -0.1) is 0 Å². The maximum Gasteiger partial charge on any atom is 0.161 e. The van der Waals surface area contributed by atoms with Crippen molar-refractivity contribution in [1.82, 2.24) is 5.32 Å². The highest BCUT2D eigenvalue weighted by Gasteiger charge is 2.26. The molecule has 0 radical (unpaired) electrons. The van der Waals surface area contributed by atoms with E-state index >= 15 is 0 Å². The highest BCUT2D eigenvalue weighted by molar-refractivity contribution is 9.10. The molecule has 112 valence electrons. The maximum atomic E-state index is 5.42. The van der Waals surface area contributed by atoms with Crippen molar-refractivity contribution in [2.24, 2.45) is 0 Å². The van der Waals surface area contributed by atoms with E-state index < -0.39 is 0 Å². The van der Waals surface area contributed by atoms with E-state index in [4.69, 9.17) is 9.47 Å². The Morgan fingerprint density at radius 3 is 2.35 bits per heavy atom. The Morgan fingerprint density at radius 2 is 1.80 bits per heavy atom. The molecule has 0 aliphatic heterocycles. The van der Waals surface area contributed by atoms with Crippen LogP contribution in [0.15, 0.2) is 16.6 Å². The Balaban J connectivity index is 2.15. The molecule has 1 aliphatic carbocycles. The molecule has 0 heterocycles. The molecule has 1 aromatic carbocycles. The van der Waals surface area contributed by atoms with Gasteiger partial charge in [-0.3, -0.25) is 0 Å². The van der Waals surface area contributed by atoms with Gasteiger partial charge in [0.15, 0.2) is 11.5 Å². The molecule has 0 atom stereocenters. The molecule has 1 aromatic rings. The van der Waals surface area contributed by atoms with Crippen LogP contribution in [0.2, 0.25) is 0 Å². The summed E-state index contributed by atoms with van der Waals surface area (Å²) in [5.41, 5.74) is 1.34. The normalized spacial score (nSPS) is 15.2. The van der Waals surface area contributed by atoms with Gasteiger partial charge in [0.25, 0.3) is 0 Å². The summed E-state index contributed by atoms with van der Waals surface area (Å²) in [4.78, 5) is 0. The van der Waals surface area contributed by atoms with E-state index in [1.54, 1.807) is 14.2 Å². The summed E-state index contributed by atoms with van der Waals surface area (Å²) >= 11 is 3.66. The van der Waals surface area contributed by atoms with E-state index in [1.807, 2.05) is 6.07 Å². The molecule has 0 aromatic heterocycles. The Morgan fingerprint density at radius 1 is 1.20 bits per heavy atom. The van der Waals surface area contributed by atoms with E-state index in [0.717, 1.165) is 35.0 Å². The van der Waals surface area contributed by atoms with Crippen LogP contribution in [-0.2, 0) is 5.41 Å². The lowest BCUT2D eigenvalue weighted by molar-refractivity contribution is 0.352. The number of hydrogen-bond donors (Lipinski definition) is 1. The van der Waals surface area contributed by atoms with Crippen LogP contribution in [0.5, 0.6) is 11.5 Å². The molecule has 0 unspecified atom stereocenters. The van der Waals surface area contributed by atoms with Gasteiger partial charge >= 0.3 is 0 Å². The maximum absolute atomic E-state index is 5.42. The molecule has 1 N–H and O–H groups in total. The predicted octanol–water partition coefficient (Wildman–Crippen LogP) is 3.89. The van der Waals surface area contributed by atoms with Crippen LogP contribution >= 0.6 is 15.9 Å². The molecule has 0 spiro atoms. The lowest BCUT2D eigenvalue weighted by Crippen LogP contribution is -2.27. The van der Waals surface area contributed by atoms with Gasteiger partial charge < -0.3 is 14.8 Å². The summed E-state index contributed by atoms with van der Waals surface area (Å²) in [6.45, 7) is 5.60. The quantitative estimate of drug-likeness (QED) is 0.816. The van der Waals surface area contributed by atoms with E-state index in [2.05, 4.69) is 41.2 Å². The van der Waals surface area contributed by atoms with Crippen molar-refractivity contribution < 1.29 is 9.47 Å². The molecule has 2 rings (SSSR count). The molecule has 1 fully saturated rings. The van der Waals surface area contributed by atoms with Crippen molar-refractivity contribution in [3.8, 4) is 11.5 Å². The molecular formula is C16H24BrNO2. The standard InChI is InChI=1S/C16H24BrNO2/c1-16(2,7-8-18-11-5-6-11)12-9-14(19-3)15(20-4)10-13(12)17/h9-11,18H,5-8H2,1-4H3. The smallest absolute Gasteiger partial charge is 0.161 e. The number of nitrogens with one attached hydrogen (secondary N) is 1. The van der Waals surface area contributed by atoms with E-state index in [0.29, 0.717) is 0 Å². The average Bonchev–Trinajstić information content (AvgIpc) is 3.22. The number of rotatable bonds is 7. The van der Waals surface area contributed by atoms with Crippen LogP contribution in [-0.4, -0.2) is 26.8 Å². The Kier molecular flexibility index (Phi) is 4.97. The molecule has 20 heavy (non-hydrogen) atoms. The summed E-state index contributed by atoms with van der Waals surface area (Å²) in [5, 5.41) is 3.58. The molecule has 4 heteroatoms. The Bertz CT molecular complexity index is 470. The number of methoxy groups -OCH3 is 2. The lowest BCUT2D eigenvalue weighted by Gasteiger charge is -2.27. The van der Waals surface area contributed by atoms with Crippen LogP contribution in [0.1, 0.15) is 38.7 Å². The van der Waals surface area contributed by atoms with E-state index in [9.17, 15) is 0 Å². The van der Waals surface area contributed by atoms with Gasteiger partial charge in [-0.05, 0) is 48.9 Å². The minimum Gasteiger partial charge on any atom is -0.493 e. The zero-order valence-corrected chi connectivity index (χ0v) is 14.3. The predicted molar refractivity (Wildman–Crippen MR) is 85.9 cm³/mol. The van der Waals surface area contributed by atoms with Crippen LogP contribution in [0, 0.1) is 0 Å². The number of halogens is 1. The topological polar surface area (TPSA) is 30.5 Å². The Labute approximate surface area is 130 Å². The fourth-order valence-electron chi connectivity index (χ4n) is 2.38. The number of hydrogen-bond acceptors (Lipinski definition) is 3. The van der Waals surface area contributed by atoms with Crippen LogP contribution in [0.3, 0.4) is 0 Å². The highest BCUT2D eigenvalue weighted by Crippen LogP contribution is 2.40. The van der Waals surface area contributed by atoms with Gasteiger partial charge in [0.1, 0.15) is 0 Å². The zero-order chi connectivity index (χ0) is 14.8. The molecule has 1 aliphatic rings. The van der Waals surface area contributed by atoms with E-state index in [1.165, 1.54) is 18.4 Å². The molecule has 0 bridgehead atoms. The highest BCUT2D eigenvalue weighted by atomic mass is 79.9. The van der Waals surface area contributed by atoms with Crippen LogP contribution < -0.4 is 14.8 Å². The first kappa shape index (κ1) is 15.6. The molecular weight excluding hydrogens is 318 g/mol. The molecule has 3 nitrogen and oxygen atoms in total. The van der Waals surface area contributed by atoms with Crippen molar-refractivity contribution in [2.45, 2.75) is 44.6 Å². The van der Waals surface area contributed by atoms with Gasteiger partial charge in [0.2, 0.25) is 0 Å². The average molecular weight is 342 g/mol. The van der Waals surface area contributed by atoms with Crippen LogP contribution in [0.25, 0.3) is 0 Å². The first-order valence-corrected chi connectivity index (χ1v) is 7.92. The first-order valence-electron chi connectivity index (χ1n) is 7.13. The van der Waals surface area contributed by atoms with Crippen LogP contribution in [0.4, 0.5) is 0 Å². The van der Waals surface area contributed by atoms with Gasteiger partial charge in [-0.1, -0.05) is 29.8 Å². The van der Waals surface area contributed by atoms with Crippen molar-refractivity contribution >= 4 is 15.9 Å². The Hall–Kier alpha value is -0.740. The largest absolute Gasteiger partial charge is 0.493 e. The minimum absolute atomic E-state index is 0.0836. The third-order valence-corrected chi connectivity index (χ3v) is 4.62. The van der Waals surface area contributed by atoms with Crippen molar-refractivity contribution in [1.29, 1.82) is 0 Å².